The average molecular weight is 319 g/mol. The Morgan fingerprint density at radius 2 is 1.00 bits per heavy atom. The van der Waals surface area contributed by atoms with Crippen LogP contribution >= 0.6 is 0 Å². The first-order valence-corrected chi connectivity index (χ1v) is 9.41. The second-order valence-electron chi connectivity index (χ2n) is 11.2. The van der Waals surface area contributed by atoms with Gasteiger partial charge in [0.15, 0.2) is 0 Å². The van der Waals surface area contributed by atoms with Crippen LogP contribution in [0.15, 0.2) is 0 Å². The third-order valence-corrected chi connectivity index (χ3v) is 4.02. The molecule has 0 unspecified atom stereocenters. The summed E-state index contributed by atoms with van der Waals surface area (Å²) in [5.74, 6) is 0. The van der Waals surface area contributed by atoms with Gasteiger partial charge in [-0.1, -0.05) is 69.2 Å². The monoisotopic (exact) mass is 319 g/mol. The van der Waals surface area contributed by atoms with Crippen molar-refractivity contribution in [1.29, 1.82) is 0 Å². The van der Waals surface area contributed by atoms with E-state index in [1.165, 1.54) is 6.32 Å². The smallest absolute Gasteiger partial charge is 0.289 e. The topological polar surface area (TPSA) is 9.72 Å². The zero-order valence-electron chi connectivity index (χ0n) is 17.7. The normalized spacial score (nSPS) is 19.7. The molecule has 1 aliphatic heterocycles. The molecule has 1 heterocycles. The van der Waals surface area contributed by atoms with Crippen LogP contribution in [0.2, 0.25) is 6.32 Å². The van der Waals surface area contributed by atoms with E-state index >= 15 is 0 Å². The van der Waals surface area contributed by atoms with Gasteiger partial charge in [0.25, 0.3) is 22.1 Å². The third-order valence-electron chi connectivity index (χ3n) is 4.02. The van der Waals surface area contributed by atoms with Crippen molar-refractivity contribution in [2.45, 2.75) is 75.6 Å². The van der Waals surface area contributed by atoms with E-state index < -0.39 is 0 Å². The molecule has 0 radical (unpaired) electrons. The summed E-state index contributed by atoms with van der Waals surface area (Å²) in [6.07, 6.45) is 1.20. The molecule has 0 bridgehead atoms. The lowest BCUT2D eigenvalue weighted by atomic mass is 9.54. The first-order chi connectivity index (χ1) is 10.2. The number of nitrogens with zero attached hydrogens (tertiary/aromatic N) is 3. The van der Waals surface area contributed by atoms with Crippen molar-refractivity contribution in [2.75, 3.05) is 19.6 Å². The molecule has 23 heavy (non-hydrogen) atoms. The minimum absolute atomic E-state index is 0.339. The first-order valence-electron chi connectivity index (χ1n) is 9.41. The lowest BCUT2D eigenvalue weighted by Crippen LogP contribution is -2.70. The van der Waals surface area contributed by atoms with Crippen molar-refractivity contribution >= 4 is 22.1 Å². The summed E-state index contributed by atoms with van der Waals surface area (Å²) in [6.45, 7) is 27.6. The molecule has 0 aromatic rings. The number of rotatable bonds is 4. The van der Waals surface area contributed by atoms with Gasteiger partial charge in [-0.25, -0.2) is 0 Å². The van der Waals surface area contributed by atoms with Crippen molar-refractivity contribution in [3.05, 3.63) is 0 Å². The van der Waals surface area contributed by atoms with E-state index in [4.69, 9.17) is 0 Å². The molecule has 0 saturated carbocycles. The van der Waals surface area contributed by atoms with Crippen LogP contribution in [0.4, 0.5) is 0 Å². The van der Waals surface area contributed by atoms with Crippen molar-refractivity contribution in [3.8, 4) is 0 Å². The van der Waals surface area contributed by atoms with Gasteiger partial charge in [-0.15, -0.1) is 0 Å². The Morgan fingerprint density at radius 3 is 1.26 bits per heavy atom. The molecule has 0 amide bonds. The van der Waals surface area contributed by atoms with E-state index in [2.05, 4.69) is 83.4 Å². The lowest BCUT2D eigenvalue weighted by molar-refractivity contribution is 0.278. The maximum Gasteiger partial charge on any atom is 0.289 e. The molecule has 6 heteroatoms. The predicted octanol–water partition coefficient (Wildman–Crippen LogP) is 3.09. The van der Waals surface area contributed by atoms with Crippen LogP contribution in [0, 0.1) is 16.2 Å². The summed E-state index contributed by atoms with van der Waals surface area (Å²) in [5.41, 5.74) is 1.02. The van der Waals surface area contributed by atoms with Crippen LogP contribution in [-0.4, -0.2) is 55.9 Å². The molecule has 1 aliphatic rings. The van der Waals surface area contributed by atoms with Crippen molar-refractivity contribution in [2.24, 2.45) is 16.2 Å². The van der Waals surface area contributed by atoms with Gasteiger partial charge >= 0.3 is 0 Å². The van der Waals surface area contributed by atoms with Crippen molar-refractivity contribution in [1.82, 2.24) is 14.2 Å². The summed E-state index contributed by atoms with van der Waals surface area (Å²) in [4.78, 5) is 0. The molecule has 0 atom stereocenters. The minimum atomic E-state index is 0.339. The first kappa shape index (κ1) is 21.1. The van der Waals surface area contributed by atoms with Crippen LogP contribution in [-0.2, 0) is 0 Å². The van der Waals surface area contributed by atoms with Crippen LogP contribution in [0.3, 0.4) is 0 Å². The van der Waals surface area contributed by atoms with Gasteiger partial charge in [0.05, 0.1) is 0 Å². The highest BCUT2D eigenvalue weighted by molar-refractivity contribution is 6.74. The second-order valence-corrected chi connectivity index (χ2v) is 11.2. The molecular formula is C17H40B3N3. The fourth-order valence-corrected chi connectivity index (χ4v) is 3.79. The van der Waals surface area contributed by atoms with Gasteiger partial charge in [0, 0.05) is 0 Å². The summed E-state index contributed by atoms with van der Waals surface area (Å²) < 4.78 is 8.06. The highest BCUT2D eigenvalue weighted by Crippen LogP contribution is 2.25. The fourth-order valence-electron chi connectivity index (χ4n) is 3.79. The minimum Gasteiger partial charge on any atom is -0.363 e. The largest absolute Gasteiger partial charge is 0.363 e. The standard InChI is InChI=1S/C17H40B3N3/c1-11-20-22(13-16(5,6)7)18-21(12-15(2,3)4)19-23(20)14-17(8,9)10/h18-19H,11-14H2,1-10H3. The second kappa shape index (κ2) is 7.53. The molecule has 0 spiro atoms. The van der Waals surface area contributed by atoms with Gasteiger partial charge in [-0.2, -0.15) is 0 Å². The molecule has 0 N–H and O–H groups in total. The molecule has 3 nitrogen and oxygen atoms in total. The van der Waals surface area contributed by atoms with Crippen LogP contribution in [0.25, 0.3) is 0 Å². The average Bonchev–Trinajstić information content (AvgIpc) is 2.21. The summed E-state index contributed by atoms with van der Waals surface area (Å²) in [6, 6.07) is 0. The Balaban J connectivity index is 2.96. The highest BCUT2D eigenvalue weighted by atomic mass is 15.3. The predicted molar refractivity (Wildman–Crippen MR) is 109 cm³/mol. The molecule has 1 saturated heterocycles. The van der Waals surface area contributed by atoms with Crippen molar-refractivity contribution in [3.63, 3.8) is 0 Å². The molecular weight excluding hydrogens is 279 g/mol. The summed E-state index contributed by atoms with van der Waals surface area (Å²) in [7, 11) is 2.21. The highest BCUT2D eigenvalue weighted by Gasteiger charge is 2.40. The van der Waals surface area contributed by atoms with E-state index in [9.17, 15) is 0 Å². The maximum atomic E-state index is 2.71. The Hall–Kier alpha value is 0.0748. The van der Waals surface area contributed by atoms with Gasteiger partial charge in [-0.3, -0.25) is 0 Å². The van der Waals surface area contributed by atoms with E-state index in [1.807, 2.05) is 0 Å². The van der Waals surface area contributed by atoms with E-state index in [1.54, 1.807) is 0 Å². The zero-order chi connectivity index (χ0) is 18.1. The molecule has 1 rings (SSSR count). The maximum absolute atomic E-state index is 2.71. The third kappa shape index (κ3) is 8.13. The lowest BCUT2D eigenvalue weighted by Gasteiger charge is -2.50. The molecule has 132 valence electrons. The Bertz CT molecular complexity index is 343. The Labute approximate surface area is 148 Å². The van der Waals surface area contributed by atoms with Crippen molar-refractivity contribution < 1.29 is 0 Å². The van der Waals surface area contributed by atoms with Gasteiger partial charge in [-0.05, 0) is 42.2 Å². The van der Waals surface area contributed by atoms with Gasteiger partial charge < -0.3 is 14.2 Å². The number of hydrogen-bond acceptors (Lipinski definition) is 3. The summed E-state index contributed by atoms with van der Waals surface area (Å²) in [5, 5.41) is 0. The van der Waals surface area contributed by atoms with Crippen LogP contribution in [0.5, 0.6) is 0 Å². The summed E-state index contributed by atoms with van der Waals surface area (Å²) >= 11 is 0. The SMILES string of the molecule is CCB1N(CC(C)(C)C)BN(CC(C)(C)C)BN1CC(C)(C)C. The molecule has 0 aliphatic carbocycles. The zero-order valence-corrected chi connectivity index (χ0v) is 17.7. The van der Waals surface area contributed by atoms with Gasteiger partial charge in [0.2, 0.25) is 0 Å². The van der Waals surface area contributed by atoms with Gasteiger partial charge in [0.1, 0.15) is 0 Å². The molecule has 0 aromatic carbocycles. The molecule has 1 fully saturated rings. The quantitative estimate of drug-likeness (QED) is 0.738. The van der Waals surface area contributed by atoms with E-state index in [0.717, 1.165) is 34.7 Å². The van der Waals surface area contributed by atoms with E-state index in [0.29, 0.717) is 23.2 Å². The van der Waals surface area contributed by atoms with E-state index in [-0.39, 0.29) is 0 Å². The molecule has 0 aromatic heterocycles. The van der Waals surface area contributed by atoms with Crippen LogP contribution < -0.4 is 0 Å². The number of hydrogen-bond donors (Lipinski definition) is 0. The Morgan fingerprint density at radius 1 is 0.652 bits per heavy atom. The van der Waals surface area contributed by atoms with Crippen LogP contribution in [0.1, 0.15) is 69.2 Å². The Kier molecular flexibility index (Phi) is 6.92. The fraction of sp³-hybridized carbons (Fsp3) is 1.00.